The van der Waals surface area contributed by atoms with Crippen molar-refractivity contribution in [2.45, 2.75) is 5.25 Å². The zero-order chi connectivity index (χ0) is 12.1. The second kappa shape index (κ2) is 6.07. The fourth-order valence-electron chi connectivity index (χ4n) is 1.96. The molecule has 0 spiro atoms. The summed E-state index contributed by atoms with van der Waals surface area (Å²) >= 11 is 1.96. The van der Waals surface area contributed by atoms with Gasteiger partial charge in [-0.15, -0.1) is 0 Å². The molecule has 1 aromatic carbocycles. The number of rotatable bonds is 3. The Bertz CT molecular complexity index is 369. The quantitative estimate of drug-likeness (QED) is 0.768. The van der Waals surface area contributed by atoms with E-state index in [1.807, 2.05) is 17.8 Å². The first-order valence-corrected chi connectivity index (χ1v) is 6.80. The first kappa shape index (κ1) is 12.5. The molecule has 4 heteroatoms. The molecule has 92 valence electrons. The van der Waals surface area contributed by atoms with Gasteiger partial charge in [-0.05, 0) is 5.56 Å². The van der Waals surface area contributed by atoms with Crippen LogP contribution < -0.4 is 0 Å². The molecule has 1 atom stereocenters. The molecule has 1 fully saturated rings. The number of nitrogens with zero attached hydrogens (tertiary/aromatic N) is 1. The van der Waals surface area contributed by atoms with Crippen molar-refractivity contribution in [2.75, 3.05) is 32.5 Å². The molecule has 1 saturated heterocycles. The largest absolute Gasteiger partial charge is 0.468 e. The Morgan fingerprint density at radius 2 is 2.24 bits per heavy atom. The summed E-state index contributed by atoms with van der Waals surface area (Å²) in [7, 11) is 1.44. The zero-order valence-electron chi connectivity index (χ0n) is 9.96. The number of esters is 1. The van der Waals surface area contributed by atoms with Crippen LogP contribution in [0.4, 0.5) is 0 Å². The Kier molecular flexibility index (Phi) is 4.45. The predicted molar refractivity (Wildman–Crippen MR) is 70.1 cm³/mol. The highest BCUT2D eigenvalue weighted by Crippen LogP contribution is 2.32. The molecular weight excluding hydrogens is 234 g/mol. The van der Waals surface area contributed by atoms with Gasteiger partial charge in [0.25, 0.3) is 0 Å². The van der Waals surface area contributed by atoms with Gasteiger partial charge in [-0.1, -0.05) is 30.3 Å². The fraction of sp³-hybridized carbons (Fsp3) is 0.462. The number of hydrogen-bond acceptors (Lipinski definition) is 4. The van der Waals surface area contributed by atoms with Crippen LogP contribution in [0.5, 0.6) is 0 Å². The van der Waals surface area contributed by atoms with Crippen LogP contribution >= 0.6 is 11.8 Å². The van der Waals surface area contributed by atoms with E-state index in [4.69, 9.17) is 4.74 Å². The van der Waals surface area contributed by atoms with Crippen molar-refractivity contribution < 1.29 is 9.53 Å². The maximum Gasteiger partial charge on any atom is 0.319 e. The number of ether oxygens (including phenoxy) is 1. The first-order chi connectivity index (χ1) is 8.29. The van der Waals surface area contributed by atoms with Crippen LogP contribution in [0, 0.1) is 0 Å². The second-order valence-corrected chi connectivity index (χ2v) is 5.39. The Morgan fingerprint density at radius 3 is 2.94 bits per heavy atom. The third kappa shape index (κ3) is 3.48. The van der Waals surface area contributed by atoms with Crippen LogP contribution in [0.1, 0.15) is 10.8 Å². The lowest BCUT2D eigenvalue weighted by atomic mass is 10.1. The maximum atomic E-state index is 11.3. The summed E-state index contributed by atoms with van der Waals surface area (Å²) in [5.41, 5.74) is 1.34. The van der Waals surface area contributed by atoms with Gasteiger partial charge in [0, 0.05) is 24.1 Å². The van der Waals surface area contributed by atoms with Crippen molar-refractivity contribution in [3.63, 3.8) is 0 Å². The van der Waals surface area contributed by atoms with Gasteiger partial charge in [0.15, 0.2) is 0 Å². The highest BCUT2D eigenvalue weighted by atomic mass is 32.2. The minimum atomic E-state index is -0.149. The molecule has 1 aliphatic heterocycles. The topological polar surface area (TPSA) is 29.5 Å². The van der Waals surface area contributed by atoms with E-state index in [9.17, 15) is 4.79 Å². The SMILES string of the molecule is COC(=O)CN1CCS[C@@H](c2ccccc2)C1. The lowest BCUT2D eigenvalue weighted by Gasteiger charge is -2.31. The summed E-state index contributed by atoms with van der Waals surface area (Å²) in [6, 6.07) is 10.5. The predicted octanol–water partition coefficient (Wildman–Crippen LogP) is 1.95. The molecule has 0 aromatic heterocycles. The van der Waals surface area contributed by atoms with E-state index in [0.717, 1.165) is 18.8 Å². The molecule has 1 aromatic rings. The molecule has 0 unspecified atom stereocenters. The molecule has 0 N–H and O–H groups in total. The third-order valence-electron chi connectivity index (χ3n) is 2.90. The molecule has 17 heavy (non-hydrogen) atoms. The van der Waals surface area contributed by atoms with Gasteiger partial charge in [0.05, 0.1) is 13.7 Å². The van der Waals surface area contributed by atoms with Crippen LogP contribution in [-0.2, 0) is 9.53 Å². The van der Waals surface area contributed by atoms with E-state index in [2.05, 4.69) is 29.2 Å². The van der Waals surface area contributed by atoms with Crippen molar-refractivity contribution in [3.8, 4) is 0 Å². The van der Waals surface area contributed by atoms with Crippen molar-refractivity contribution in [3.05, 3.63) is 35.9 Å². The van der Waals surface area contributed by atoms with E-state index in [-0.39, 0.29) is 5.97 Å². The highest BCUT2D eigenvalue weighted by Gasteiger charge is 2.23. The van der Waals surface area contributed by atoms with Crippen LogP contribution in [0.15, 0.2) is 30.3 Å². The van der Waals surface area contributed by atoms with Crippen LogP contribution in [0.25, 0.3) is 0 Å². The zero-order valence-corrected chi connectivity index (χ0v) is 10.8. The Morgan fingerprint density at radius 1 is 1.47 bits per heavy atom. The third-order valence-corrected chi connectivity index (χ3v) is 4.14. The lowest BCUT2D eigenvalue weighted by Crippen LogP contribution is -2.38. The van der Waals surface area contributed by atoms with Crippen LogP contribution in [-0.4, -0.2) is 43.4 Å². The van der Waals surface area contributed by atoms with Crippen molar-refractivity contribution in [1.29, 1.82) is 0 Å². The van der Waals surface area contributed by atoms with Gasteiger partial charge < -0.3 is 4.74 Å². The summed E-state index contributed by atoms with van der Waals surface area (Å²) in [6.45, 7) is 2.28. The van der Waals surface area contributed by atoms with Gasteiger partial charge in [-0.3, -0.25) is 9.69 Å². The lowest BCUT2D eigenvalue weighted by molar-refractivity contribution is -0.141. The Hall–Kier alpha value is -1.00. The average Bonchev–Trinajstić information content (AvgIpc) is 2.40. The number of benzene rings is 1. The van der Waals surface area contributed by atoms with Gasteiger partial charge in [0.2, 0.25) is 0 Å². The van der Waals surface area contributed by atoms with Gasteiger partial charge in [-0.25, -0.2) is 0 Å². The number of methoxy groups -OCH3 is 1. The van der Waals surface area contributed by atoms with E-state index < -0.39 is 0 Å². The second-order valence-electron chi connectivity index (χ2n) is 4.08. The molecule has 0 radical (unpaired) electrons. The molecule has 0 saturated carbocycles. The minimum absolute atomic E-state index is 0.149. The van der Waals surface area contributed by atoms with Gasteiger partial charge in [0.1, 0.15) is 0 Å². The smallest absolute Gasteiger partial charge is 0.319 e. The number of carbonyl (C=O) groups excluding carboxylic acids is 1. The average molecular weight is 251 g/mol. The van der Waals surface area contributed by atoms with E-state index in [1.54, 1.807) is 0 Å². The molecule has 1 heterocycles. The summed E-state index contributed by atoms with van der Waals surface area (Å²) in [5, 5.41) is 0.467. The summed E-state index contributed by atoms with van der Waals surface area (Å²) in [6.07, 6.45) is 0. The van der Waals surface area contributed by atoms with Crippen LogP contribution in [0.3, 0.4) is 0 Å². The van der Waals surface area contributed by atoms with E-state index in [0.29, 0.717) is 11.8 Å². The highest BCUT2D eigenvalue weighted by molar-refractivity contribution is 7.99. The number of hydrogen-bond donors (Lipinski definition) is 0. The molecule has 0 amide bonds. The molecule has 0 aliphatic carbocycles. The Balaban J connectivity index is 1.95. The number of carbonyl (C=O) groups is 1. The van der Waals surface area contributed by atoms with E-state index in [1.165, 1.54) is 12.7 Å². The van der Waals surface area contributed by atoms with Gasteiger partial charge >= 0.3 is 5.97 Å². The molecular formula is C13H17NO2S. The van der Waals surface area contributed by atoms with E-state index >= 15 is 0 Å². The molecule has 1 aliphatic rings. The summed E-state index contributed by atoms with van der Waals surface area (Å²) < 4.78 is 4.71. The van der Waals surface area contributed by atoms with Crippen molar-refractivity contribution >= 4 is 17.7 Å². The normalized spacial score (nSPS) is 21.1. The summed E-state index contributed by atoms with van der Waals surface area (Å²) in [4.78, 5) is 13.4. The molecule has 2 rings (SSSR count). The van der Waals surface area contributed by atoms with Crippen LogP contribution in [0.2, 0.25) is 0 Å². The maximum absolute atomic E-state index is 11.3. The molecule has 3 nitrogen and oxygen atoms in total. The summed E-state index contributed by atoms with van der Waals surface area (Å²) in [5.74, 6) is 0.917. The first-order valence-electron chi connectivity index (χ1n) is 5.75. The van der Waals surface area contributed by atoms with Crippen molar-refractivity contribution in [1.82, 2.24) is 4.90 Å². The standard InChI is InChI=1S/C13H17NO2S/c1-16-13(15)10-14-7-8-17-12(9-14)11-5-3-2-4-6-11/h2-6,12H,7-10H2,1H3/t12-/m1/s1. The fourth-order valence-corrected chi connectivity index (χ4v) is 3.28. The van der Waals surface area contributed by atoms with Gasteiger partial charge in [-0.2, -0.15) is 11.8 Å². The minimum Gasteiger partial charge on any atom is -0.468 e. The Labute approximate surface area is 106 Å². The monoisotopic (exact) mass is 251 g/mol. The van der Waals surface area contributed by atoms with Crippen molar-refractivity contribution in [2.24, 2.45) is 0 Å². The number of thioether (sulfide) groups is 1. The molecule has 0 bridgehead atoms.